The van der Waals surface area contributed by atoms with Crippen molar-refractivity contribution >= 4 is 17.9 Å². The molecule has 0 aromatic carbocycles. The molecule has 0 saturated heterocycles. The van der Waals surface area contributed by atoms with E-state index in [4.69, 9.17) is 14.2 Å². The summed E-state index contributed by atoms with van der Waals surface area (Å²) in [5.41, 5.74) is 0. The van der Waals surface area contributed by atoms with Crippen LogP contribution < -0.4 is 0 Å². The van der Waals surface area contributed by atoms with E-state index >= 15 is 0 Å². The van der Waals surface area contributed by atoms with Crippen LogP contribution in [0.3, 0.4) is 0 Å². The van der Waals surface area contributed by atoms with Crippen molar-refractivity contribution in [1.29, 1.82) is 0 Å². The topological polar surface area (TPSA) is 78.9 Å². The van der Waals surface area contributed by atoms with Gasteiger partial charge in [0.05, 0.1) is 0 Å². The van der Waals surface area contributed by atoms with E-state index in [2.05, 4.69) is 191 Å². The summed E-state index contributed by atoms with van der Waals surface area (Å²) in [7, 11) is 0. The predicted octanol–water partition coefficient (Wildman–Crippen LogP) is 20.1. The van der Waals surface area contributed by atoms with Crippen LogP contribution in [0.2, 0.25) is 0 Å². The molecule has 1 unspecified atom stereocenters. The first-order chi connectivity index (χ1) is 37.0. The Morgan fingerprint density at radius 2 is 0.507 bits per heavy atom. The number of unbranched alkanes of at least 4 members (excludes halogenated alkanes) is 9. The SMILES string of the molecule is CC/C=C\C/C=C\C/C=C\C/C=C\C/C=C\C/C=C\CCC(=O)OCC(COC(=O)CCCCCCCC/C=C\C/C=C\C/C=C\C/C=C\CC)OC(=O)CCCCC/C=C\C/C=C\C/C=C\C/C=C\C/C=C\CC. The lowest BCUT2D eigenvalue weighted by Crippen LogP contribution is -2.30. The Hall–Kier alpha value is -5.49. The van der Waals surface area contributed by atoms with E-state index in [0.29, 0.717) is 19.3 Å². The maximum Gasteiger partial charge on any atom is 0.306 e. The maximum atomic E-state index is 12.9. The number of ether oxygens (including phenoxy) is 3. The molecule has 0 aromatic heterocycles. The van der Waals surface area contributed by atoms with Crippen LogP contribution in [0.1, 0.15) is 213 Å². The quantitative estimate of drug-likeness (QED) is 0.0261. The highest BCUT2D eigenvalue weighted by atomic mass is 16.6. The molecular formula is C69H104O6. The molecule has 0 rings (SSSR count). The third-order valence-corrected chi connectivity index (χ3v) is 11.4. The standard InChI is InChI=1S/C69H104O6/c1-4-7-10-13-16-19-22-25-28-31-34-37-40-43-46-49-52-55-58-61-67(70)73-64-66(75-69(72)63-60-57-54-51-48-45-42-39-36-33-30-27-24-21-18-15-12-9-6-3)65-74-68(71)62-59-56-53-50-47-44-41-38-35-32-29-26-23-20-17-14-11-8-5-2/h7-12,16-21,25-30,34-39,43,45-46,48,52,55,66H,4-6,13-15,22-24,31-33,40-42,44,47,49-51,53-54,56-65H2,1-3H3/b10-7-,11-8-,12-9-,19-16-,20-17-,21-18-,28-25-,29-26-,30-27-,37-34-,38-35-,39-36-,46-43-,48-45-,55-52-. The number of carbonyl (C=O) groups excluding carboxylic acids is 3. The summed E-state index contributed by atoms with van der Waals surface area (Å²) in [5.74, 6) is -1.08. The Kier molecular flexibility index (Phi) is 56.6. The molecule has 1 atom stereocenters. The first kappa shape index (κ1) is 69.5. The predicted molar refractivity (Wildman–Crippen MR) is 324 cm³/mol. The van der Waals surface area contributed by atoms with E-state index < -0.39 is 6.10 Å². The smallest absolute Gasteiger partial charge is 0.306 e. The van der Waals surface area contributed by atoms with Crippen molar-refractivity contribution in [2.45, 2.75) is 219 Å². The molecule has 6 heteroatoms. The van der Waals surface area contributed by atoms with Crippen molar-refractivity contribution in [2.75, 3.05) is 13.2 Å². The Balaban J connectivity index is 4.64. The van der Waals surface area contributed by atoms with Crippen LogP contribution in [0.15, 0.2) is 182 Å². The molecule has 0 N–H and O–H groups in total. The van der Waals surface area contributed by atoms with Crippen LogP contribution in [0, 0.1) is 0 Å². The van der Waals surface area contributed by atoms with Gasteiger partial charge in [-0.25, -0.2) is 0 Å². The first-order valence-corrected chi connectivity index (χ1v) is 29.3. The van der Waals surface area contributed by atoms with E-state index in [1.807, 2.05) is 12.2 Å². The van der Waals surface area contributed by atoms with Gasteiger partial charge in [-0.2, -0.15) is 0 Å². The first-order valence-electron chi connectivity index (χ1n) is 29.3. The normalized spacial score (nSPS) is 13.5. The second kappa shape index (κ2) is 61.1. The van der Waals surface area contributed by atoms with Crippen molar-refractivity contribution in [1.82, 2.24) is 0 Å². The average Bonchev–Trinajstić information content (AvgIpc) is 3.41. The van der Waals surface area contributed by atoms with Gasteiger partial charge in [-0.3, -0.25) is 14.4 Å². The van der Waals surface area contributed by atoms with Crippen molar-refractivity contribution in [3.63, 3.8) is 0 Å². The highest BCUT2D eigenvalue weighted by Crippen LogP contribution is 2.12. The molecule has 0 aliphatic carbocycles. The maximum absolute atomic E-state index is 12.9. The van der Waals surface area contributed by atoms with E-state index in [-0.39, 0.29) is 44.0 Å². The highest BCUT2D eigenvalue weighted by molar-refractivity contribution is 5.71. The molecule has 75 heavy (non-hydrogen) atoms. The summed E-state index contributed by atoms with van der Waals surface area (Å²) >= 11 is 0. The fourth-order valence-electron chi connectivity index (χ4n) is 7.13. The number of hydrogen-bond donors (Lipinski definition) is 0. The minimum Gasteiger partial charge on any atom is -0.462 e. The van der Waals surface area contributed by atoms with Gasteiger partial charge in [0.25, 0.3) is 0 Å². The summed E-state index contributed by atoms with van der Waals surface area (Å²) in [6.07, 6.45) is 91.8. The van der Waals surface area contributed by atoms with E-state index in [1.165, 1.54) is 12.8 Å². The van der Waals surface area contributed by atoms with Gasteiger partial charge in [0.2, 0.25) is 0 Å². The zero-order valence-corrected chi connectivity index (χ0v) is 47.5. The van der Waals surface area contributed by atoms with Crippen molar-refractivity contribution in [2.24, 2.45) is 0 Å². The van der Waals surface area contributed by atoms with Gasteiger partial charge in [-0.1, -0.05) is 235 Å². The molecule has 0 fully saturated rings. The van der Waals surface area contributed by atoms with Gasteiger partial charge in [-0.15, -0.1) is 0 Å². The highest BCUT2D eigenvalue weighted by Gasteiger charge is 2.19. The van der Waals surface area contributed by atoms with Crippen molar-refractivity contribution < 1.29 is 28.6 Å². The van der Waals surface area contributed by atoms with E-state index in [0.717, 1.165) is 148 Å². The van der Waals surface area contributed by atoms with E-state index in [1.54, 1.807) is 0 Å². The molecule has 0 bridgehead atoms. The number of esters is 3. The monoisotopic (exact) mass is 1030 g/mol. The second-order valence-electron chi connectivity index (χ2n) is 18.4. The zero-order valence-electron chi connectivity index (χ0n) is 47.5. The number of allylic oxidation sites excluding steroid dienone is 30. The van der Waals surface area contributed by atoms with Crippen LogP contribution in [0.4, 0.5) is 0 Å². The van der Waals surface area contributed by atoms with Gasteiger partial charge < -0.3 is 14.2 Å². The van der Waals surface area contributed by atoms with Gasteiger partial charge >= 0.3 is 17.9 Å². The minimum atomic E-state index is -0.845. The molecule has 416 valence electrons. The van der Waals surface area contributed by atoms with E-state index in [9.17, 15) is 14.4 Å². The fourth-order valence-corrected chi connectivity index (χ4v) is 7.13. The lowest BCUT2D eigenvalue weighted by Gasteiger charge is -2.18. The Bertz CT molecular complexity index is 1800. The second-order valence-corrected chi connectivity index (χ2v) is 18.4. The van der Waals surface area contributed by atoms with Crippen LogP contribution >= 0.6 is 0 Å². The van der Waals surface area contributed by atoms with Crippen molar-refractivity contribution in [3.05, 3.63) is 182 Å². The average molecular weight is 1030 g/mol. The fraction of sp³-hybridized carbons (Fsp3) is 0.522. The molecule has 0 amide bonds. The van der Waals surface area contributed by atoms with Gasteiger partial charge in [0, 0.05) is 19.3 Å². The molecule has 6 nitrogen and oxygen atoms in total. The molecule has 0 spiro atoms. The summed E-state index contributed by atoms with van der Waals surface area (Å²) < 4.78 is 16.8. The molecule has 0 radical (unpaired) electrons. The largest absolute Gasteiger partial charge is 0.462 e. The molecule has 0 heterocycles. The molecule has 0 saturated carbocycles. The zero-order chi connectivity index (χ0) is 54.3. The van der Waals surface area contributed by atoms with Crippen LogP contribution in [0.25, 0.3) is 0 Å². The van der Waals surface area contributed by atoms with Crippen LogP contribution in [-0.2, 0) is 28.6 Å². The minimum absolute atomic E-state index is 0.133. The van der Waals surface area contributed by atoms with Gasteiger partial charge in [0.1, 0.15) is 13.2 Å². The number of carbonyl (C=O) groups is 3. The summed E-state index contributed by atoms with van der Waals surface area (Å²) in [6, 6.07) is 0. The molecular weight excluding hydrogens is 925 g/mol. The molecule has 0 aromatic rings. The lowest BCUT2D eigenvalue weighted by molar-refractivity contribution is -0.166. The lowest BCUT2D eigenvalue weighted by atomic mass is 10.1. The van der Waals surface area contributed by atoms with Gasteiger partial charge in [0.15, 0.2) is 6.10 Å². The third kappa shape index (κ3) is 59.3. The third-order valence-electron chi connectivity index (χ3n) is 11.4. The Morgan fingerprint density at radius 1 is 0.267 bits per heavy atom. The van der Waals surface area contributed by atoms with Crippen LogP contribution in [-0.4, -0.2) is 37.2 Å². The summed E-state index contributed by atoms with van der Waals surface area (Å²) in [4.78, 5) is 38.2. The van der Waals surface area contributed by atoms with Crippen molar-refractivity contribution in [3.8, 4) is 0 Å². The number of rotatable bonds is 50. The molecule has 0 aliphatic rings. The Morgan fingerprint density at radius 3 is 0.840 bits per heavy atom. The summed E-state index contributed by atoms with van der Waals surface area (Å²) in [5, 5.41) is 0. The number of hydrogen-bond acceptors (Lipinski definition) is 6. The van der Waals surface area contributed by atoms with Gasteiger partial charge in [-0.05, 0) is 141 Å². The van der Waals surface area contributed by atoms with Crippen LogP contribution in [0.5, 0.6) is 0 Å². The Labute approximate surface area is 459 Å². The molecule has 0 aliphatic heterocycles. The summed E-state index contributed by atoms with van der Waals surface area (Å²) in [6.45, 7) is 6.17.